The Morgan fingerprint density at radius 1 is 1.47 bits per heavy atom. The number of hydrogen-bond acceptors (Lipinski definition) is 1. The van der Waals surface area contributed by atoms with Gasteiger partial charge in [0.1, 0.15) is 0 Å². The molecule has 1 atom stereocenters. The molecule has 0 heterocycles. The van der Waals surface area contributed by atoms with E-state index in [1.54, 1.807) is 0 Å². The molecule has 3 nitrogen and oxygen atoms in total. The monoisotopic (exact) mass is 231 g/mol. The van der Waals surface area contributed by atoms with Gasteiger partial charge in [0.25, 0.3) is 0 Å². The molecule has 1 aliphatic carbocycles. The van der Waals surface area contributed by atoms with E-state index in [1.165, 1.54) is 17.5 Å². The largest absolute Gasteiger partial charge is 0.370 e. The highest BCUT2D eigenvalue weighted by Crippen LogP contribution is 2.34. The van der Waals surface area contributed by atoms with Crippen LogP contribution in [0.3, 0.4) is 0 Å². The molecule has 92 valence electrons. The van der Waals surface area contributed by atoms with Gasteiger partial charge in [-0.15, -0.1) is 0 Å². The third-order valence-electron chi connectivity index (χ3n) is 3.28. The standard InChI is InChI=1S/C14H21N3/c1-2-3-8-16-14(15)17-10-12-9-11-6-4-5-7-13(11)12/h4-7,12H,2-3,8-10H2,1H3,(H3,15,16,17). The van der Waals surface area contributed by atoms with Crippen molar-refractivity contribution in [2.45, 2.75) is 32.1 Å². The topological polar surface area (TPSA) is 50.4 Å². The van der Waals surface area contributed by atoms with Crippen molar-refractivity contribution in [3.63, 3.8) is 0 Å². The molecular formula is C14H21N3. The fourth-order valence-corrected chi connectivity index (χ4v) is 2.18. The molecule has 2 rings (SSSR count). The van der Waals surface area contributed by atoms with Gasteiger partial charge in [-0.2, -0.15) is 0 Å². The first-order chi connectivity index (χ1) is 8.31. The molecule has 1 aliphatic rings. The van der Waals surface area contributed by atoms with E-state index in [0.717, 1.165) is 25.9 Å². The van der Waals surface area contributed by atoms with Crippen molar-refractivity contribution in [2.24, 2.45) is 10.7 Å². The zero-order valence-corrected chi connectivity index (χ0v) is 10.4. The van der Waals surface area contributed by atoms with Crippen LogP contribution in [0.2, 0.25) is 0 Å². The average molecular weight is 231 g/mol. The van der Waals surface area contributed by atoms with Crippen LogP contribution < -0.4 is 11.1 Å². The Balaban J connectivity index is 1.78. The summed E-state index contributed by atoms with van der Waals surface area (Å²) in [7, 11) is 0. The van der Waals surface area contributed by atoms with Gasteiger partial charge >= 0.3 is 0 Å². The van der Waals surface area contributed by atoms with Crippen LogP contribution in [0.15, 0.2) is 29.3 Å². The Morgan fingerprint density at radius 3 is 3.06 bits per heavy atom. The fraction of sp³-hybridized carbons (Fsp3) is 0.500. The Labute approximate surface area is 103 Å². The summed E-state index contributed by atoms with van der Waals surface area (Å²) in [6.07, 6.45) is 3.46. The molecule has 17 heavy (non-hydrogen) atoms. The van der Waals surface area contributed by atoms with Crippen molar-refractivity contribution in [1.82, 2.24) is 5.32 Å². The summed E-state index contributed by atoms with van der Waals surface area (Å²) in [4.78, 5) is 4.40. The number of nitrogens with two attached hydrogens (primary N) is 1. The quantitative estimate of drug-likeness (QED) is 0.463. The van der Waals surface area contributed by atoms with Crippen LogP contribution in [0.4, 0.5) is 0 Å². The van der Waals surface area contributed by atoms with Gasteiger partial charge < -0.3 is 11.1 Å². The maximum Gasteiger partial charge on any atom is 0.188 e. The molecule has 0 spiro atoms. The van der Waals surface area contributed by atoms with Crippen LogP contribution >= 0.6 is 0 Å². The summed E-state index contributed by atoms with van der Waals surface area (Å²) in [5, 5.41) is 3.14. The summed E-state index contributed by atoms with van der Waals surface area (Å²) in [6.45, 7) is 3.90. The smallest absolute Gasteiger partial charge is 0.188 e. The van der Waals surface area contributed by atoms with Crippen LogP contribution in [0.1, 0.15) is 36.8 Å². The lowest BCUT2D eigenvalue weighted by molar-refractivity contribution is 0.616. The average Bonchev–Trinajstić information content (AvgIpc) is 2.31. The number of fused-ring (bicyclic) bond motifs is 1. The number of nitrogens with one attached hydrogen (secondary N) is 1. The Bertz CT molecular complexity index is 398. The highest BCUT2D eigenvalue weighted by molar-refractivity contribution is 5.77. The summed E-state index contributed by atoms with van der Waals surface area (Å²) >= 11 is 0. The van der Waals surface area contributed by atoms with Crippen molar-refractivity contribution >= 4 is 5.96 Å². The normalized spacial score (nSPS) is 18.4. The van der Waals surface area contributed by atoms with Gasteiger partial charge in [0, 0.05) is 19.0 Å². The fourth-order valence-electron chi connectivity index (χ4n) is 2.18. The summed E-state index contributed by atoms with van der Waals surface area (Å²) < 4.78 is 0. The van der Waals surface area contributed by atoms with Gasteiger partial charge in [-0.05, 0) is 24.0 Å². The van der Waals surface area contributed by atoms with Gasteiger partial charge in [0.15, 0.2) is 5.96 Å². The molecular weight excluding hydrogens is 210 g/mol. The third-order valence-corrected chi connectivity index (χ3v) is 3.28. The van der Waals surface area contributed by atoms with E-state index >= 15 is 0 Å². The zero-order valence-electron chi connectivity index (χ0n) is 10.4. The molecule has 0 aromatic heterocycles. The van der Waals surface area contributed by atoms with E-state index in [9.17, 15) is 0 Å². The number of benzene rings is 1. The first-order valence-electron chi connectivity index (χ1n) is 6.43. The Kier molecular flexibility index (Phi) is 4.02. The number of aliphatic imine (C=N–C) groups is 1. The summed E-state index contributed by atoms with van der Waals surface area (Å²) in [6, 6.07) is 8.58. The van der Waals surface area contributed by atoms with Crippen LogP contribution in [0, 0.1) is 0 Å². The minimum absolute atomic E-state index is 0.567. The van der Waals surface area contributed by atoms with Crippen molar-refractivity contribution in [3.8, 4) is 0 Å². The second-order valence-electron chi connectivity index (χ2n) is 4.61. The minimum atomic E-state index is 0.567. The SMILES string of the molecule is CCCCNC(N)=NCC1Cc2ccccc21. The van der Waals surface area contributed by atoms with Crippen molar-refractivity contribution in [2.75, 3.05) is 13.1 Å². The van der Waals surface area contributed by atoms with Gasteiger partial charge in [-0.25, -0.2) is 0 Å². The molecule has 3 N–H and O–H groups in total. The molecule has 0 saturated heterocycles. The minimum Gasteiger partial charge on any atom is -0.370 e. The maximum atomic E-state index is 5.80. The van der Waals surface area contributed by atoms with Gasteiger partial charge in [-0.3, -0.25) is 4.99 Å². The molecule has 1 aromatic carbocycles. The highest BCUT2D eigenvalue weighted by Gasteiger charge is 2.24. The number of rotatable bonds is 5. The number of hydrogen-bond donors (Lipinski definition) is 2. The van der Waals surface area contributed by atoms with E-state index in [0.29, 0.717) is 11.9 Å². The maximum absolute atomic E-state index is 5.80. The second-order valence-corrected chi connectivity index (χ2v) is 4.61. The molecule has 1 aromatic rings. The van der Waals surface area contributed by atoms with Crippen molar-refractivity contribution in [3.05, 3.63) is 35.4 Å². The second kappa shape index (κ2) is 5.71. The number of guanidine groups is 1. The highest BCUT2D eigenvalue weighted by atomic mass is 15.1. The van der Waals surface area contributed by atoms with Crippen LogP contribution in [0.5, 0.6) is 0 Å². The predicted molar refractivity (Wildman–Crippen MR) is 72.3 cm³/mol. The van der Waals surface area contributed by atoms with Gasteiger partial charge in [0.05, 0.1) is 0 Å². The zero-order chi connectivity index (χ0) is 12.1. The van der Waals surface area contributed by atoms with Crippen molar-refractivity contribution < 1.29 is 0 Å². The lowest BCUT2D eigenvalue weighted by Gasteiger charge is -2.28. The lowest BCUT2D eigenvalue weighted by Crippen LogP contribution is -2.33. The first-order valence-corrected chi connectivity index (χ1v) is 6.43. The first kappa shape index (κ1) is 12.0. The van der Waals surface area contributed by atoms with E-state index in [1.807, 2.05) is 0 Å². The van der Waals surface area contributed by atoms with E-state index in [4.69, 9.17) is 5.73 Å². The van der Waals surface area contributed by atoms with Crippen molar-refractivity contribution in [1.29, 1.82) is 0 Å². The number of unbranched alkanes of at least 4 members (excludes halogenated alkanes) is 1. The summed E-state index contributed by atoms with van der Waals surface area (Å²) in [5.74, 6) is 1.15. The molecule has 0 amide bonds. The van der Waals surface area contributed by atoms with Crippen LogP contribution in [-0.2, 0) is 6.42 Å². The molecule has 1 unspecified atom stereocenters. The van der Waals surface area contributed by atoms with E-state index in [-0.39, 0.29) is 0 Å². The third kappa shape index (κ3) is 2.99. The van der Waals surface area contributed by atoms with Crippen LogP contribution in [-0.4, -0.2) is 19.0 Å². The van der Waals surface area contributed by atoms with E-state index < -0.39 is 0 Å². The number of nitrogens with zero attached hydrogens (tertiary/aromatic N) is 1. The van der Waals surface area contributed by atoms with E-state index in [2.05, 4.69) is 41.5 Å². The Hall–Kier alpha value is -1.51. The molecule has 3 heteroatoms. The summed E-state index contributed by atoms with van der Waals surface area (Å²) in [5.41, 5.74) is 8.71. The molecule has 0 fully saturated rings. The Morgan fingerprint density at radius 2 is 2.29 bits per heavy atom. The molecule has 0 aliphatic heterocycles. The molecule has 0 saturated carbocycles. The van der Waals surface area contributed by atoms with Gasteiger partial charge in [0.2, 0.25) is 0 Å². The molecule has 0 radical (unpaired) electrons. The van der Waals surface area contributed by atoms with Crippen LogP contribution in [0.25, 0.3) is 0 Å². The predicted octanol–water partition coefficient (Wildman–Crippen LogP) is 2.03. The van der Waals surface area contributed by atoms with Gasteiger partial charge in [-0.1, -0.05) is 37.6 Å². The molecule has 0 bridgehead atoms. The lowest BCUT2D eigenvalue weighted by atomic mass is 9.78.